The Balaban J connectivity index is 1.96. The quantitative estimate of drug-likeness (QED) is 0.744. The molecule has 0 saturated carbocycles. The molecule has 3 rings (SSSR count). The summed E-state index contributed by atoms with van der Waals surface area (Å²) in [5.74, 6) is 0.924. The molecule has 0 aliphatic heterocycles. The Hall–Kier alpha value is -2.62. The van der Waals surface area contributed by atoms with Gasteiger partial charge >= 0.3 is 0 Å². The molecule has 0 atom stereocenters. The molecule has 21 heavy (non-hydrogen) atoms. The third kappa shape index (κ3) is 2.79. The van der Waals surface area contributed by atoms with E-state index in [1.54, 1.807) is 6.20 Å². The zero-order chi connectivity index (χ0) is 14.7. The number of fused-ring (bicyclic) bond motifs is 1. The first-order chi connectivity index (χ1) is 10.3. The zero-order valence-corrected chi connectivity index (χ0v) is 12.0. The van der Waals surface area contributed by atoms with E-state index < -0.39 is 0 Å². The molecule has 106 valence electrons. The minimum Gasteiger partial charge on any atom is -0.399 e. The third-order valence-electron chi connectivity index (χ3n) is 3.59. The Kier molecular flexibility index (Phi) is 3.69. The summed E-state index contributed by atoms with van der Waals surface area (Å²) in [5, 5.41) is 10.7. The van der Waals surface area contributed by atoms with E-state index >= 15 is 0 Å². The summed E-state index contributed by atoms with van der Waals surface area (Å²) < 4.78 is 0. The van der Waals surface area contributed by atoms with Gasteiger partial charge in [0, 0.05) is 29.5 Å². The highest BCUT2D eigenvalue weighted by Crippen LogP contribution is 2.24. The van der Waals surface area contributed by atoms with Gasteiger partial charge in [0.2, 0.25) is 0 Å². The van der Waals surface area contributed by atoms with Crippen molar-refractivity contribution in [2.45, 2.75) is 13.5 Å². The molecule has 0 spiro atoms. The highest BCUT2D eigenvalue weighted by atomic mass is 15.3. The van der Waals surface area contributed by atoms with Crippen molar-refractivity contribution in [2.75, 3.05) is 17.2 Å². The van der Waals surface area contributed by atoms with Gasteiger partial charge in [0.05, 0.1) is 6.20 Å². The maximum atomic E-state index is 5.74. The number of hydrogen-bond acceptors (Lipinski definition) is 4. The van der Waals surface area contributed by atoms with E-state index in [0.717, 1.165) is 35.4 Å². The third-order valence-corrected chi connectivity index (χ3v) is 3.59. The molecule has 0 radical (unpaired) electrons. The van der Waals surface area contributed by atoms with Crippen molar-refractivity contribution in [3.8, 4) is 0 Å². The number of benzene rings is 2. The monoisotopic (exact) mass is 278 g/mol. The smallest absolute Gasteiger partial charge is 0.159 e. The van der Waals surface area contributed by atoms with Gasteiger partial charge in [-0.05, 0) is 24.6 Å². The lowest BCUT2D eigenvalue weighted by molar-refractivity contribution is 0.803. The molecule has 0 amide bonds. The molecule has 0 fully saturated rings. The summed E-state index contributed by atoms with van der Waals surface area (Å²) in [6.45, 7) is 3.79. The Morgan fingerprint density at radius 3 is 2.57 bits per heavy atom. The summed E-state index contributed by atoms with van der Waals surface area (Å²) >= 11 is 0. The number of hydrogen-bond donors (Lipinski definition) is 1. The number of nitrogens with zero attached hydrogens (tertiary/aromatic N) is 3. The molecule has 0 aliphatic carbocycles. The minimum absolute atomic E-state index is 0.784. The normalized spacial score (nSPS) is 10.7. The van der Waals surface area contributed by atoms with Gasteiger partial charge in [0.15, 0.2) is 5.82 Å². The van der Waals surface area contributed by atoms with Crippen LogP contribution in [0.1, 0.15) is 12.5 Å². The van der Waals surface area contributed by atoms with Gasteiger partial charge in [-0.15, -0.1) is 5.10 Å². The van der Waals surface area contributed by atoms with Crippen molar-refractivity contribution in [1.29, 1.82) is 0 Å². The van der Waals surface area contributed by atoms with E-state index in [1.807, 2.05) is 24.3 Å². The summed E-state index contributed by atoms with van der Waals surface area (Å²) in [5.41, 5.74) is 7.73. The first kappa shape index (κ1) is 13.4. The number of aromatic nitrogens is 2. The van der Waals surface area contributed by atoms with Crippen LogP contribution in [0, 0.1) is 0 Å². The van der Waals surface area contributed by atoms with Crippen LogP contribution in [0.3, 0.4) is 0 Å². The van der Waals surface area contributed by atoms with E-state index in [1.165, 1.54) is 5.56 Å². The van der Waals surface area contributed by atoms with Gasteiger partial charge in [-0.3, -0.25) is 0 Å². The molecule has 3 aromatic rings. The topological polar surface area (TPSA) is 55.0 Å². The maximum absolute atomic E-state index is 5.74. The summed E-state index contributed by atoms with van der Waals surface area (Å²) in [6, 6.07) is 16.2. The van der Waals surface area contributed by atoms with Gasteiger partial charge in [-0.2, -0.15) is 5.10 Å². The predicted octanol–water partition coefficient (Wildman–Crippen LogP) is 3.24. The van der Waals surface area contributed by atoms with Crippen LogP contribution in [0.4, 0.5) is 11.5 Å². The summed E-state index contributed by atoms with van der Waals surface area (Å²) in [7, 11) is 0. The minimum atomic E-state index is 0.784. The van der Waals surface area contributed by atoms with Crippen molar-refractivity contribution in [2.24, 2.45) is 0 Å². The molecular formula is C17H18N4. The predicted molar refractivity (Wildman–Crippen MR) is 87.1 cm³/mol. The number of nitrogen functional groups attached to an aromatic ring is 1. The van der Waals surface area contributed by atoms with Crippen LogP contribution in [0.15, 0.2) is 54.7 Å². The zero-order valence-electron chi connectivity index (χ0n) is 12.0. The van der Waals surface area contributed by atoms with Crippen LogP contribution in [-0.4, -0.2) is 16.7 Å². The Morgan fingerprint density at radius 1 is 1.05 bits per heavy atom. The number of nitrogens with two attached hydrogens (primary N) is 1. The lowest BCUT2D eigenvalue weighted by Crippen LogP contribution is -2.23. The van der Waals surface area contributed by atoms with E-state index in [9.17, 15) is 0 Å². The molecule has 2 aromatic carbocycles. The average Bonchev–Trinajstić information content (AvgIpc) is 2.54. The molecule has 0 aliphatic rings. The van der Waals surface area contributed by atoms with Crippen molar-refractivity contribution in [3.05, 3.63) is 60.3 Å². The Bertz CT molecular complexity index is 732. The van der Waals surface area contributed by atoms with Gasteiger partial charge in [0.1, 0.15) is 0 Å². The van der Waals surface area contributed by atoms with E-state index in [-0.39, 0.29) is 0 Å². The Morgan fingerprint density at radius 2 is 1.81 bits per heavy atom. The van der Waals surface area contributed by atoms with Crippen LogP contribution >= 0.6 is 0 Å². The fourth-order valence-corrected chi connectivity index (χ4v) is 2.43. The molecule has 1 heterocycles. The van der Waals surface area contributed by atoms with Gasteiger partial charge in [-0.25, -0.2) is 0 Å². The number of anilines is 2. The largest absolute Gasteiger partial charge is 0.399 e. The second-order valence-electron chi connectivity index (χ2n) is 5.01. The molecular weight excluding hydrogens is 260 g/mol. The standard InChI is InChI=1S/C17H18N4/c1-2-21(12-13-7-9-15(18)10-8-13)17-16-6-4-3-5-14(16)11-19-20-17/h3-11H,2,12,18H2,1H3. The fourth-order valence-electron chi connectivity index (χ4n) is 2.43. The van der Waals surface area contributed by atoms with Crippen molar-refractivity contribution in [1.82, 2.24) is 10.2 Å². The van der Waals surface area contributed by atoms with Crippen LogP contribution in [-0.2, 0) is 6.54 Å². The fraction of sp³-hybridized carbons (Fsp3) is 0.176. The van der Waals surface area contributed by atoms with Gasteiger partial charge in [0.25, 0.3) is 0 Å². The molecule has 4 nitrogen and oxygen atoms in total. The molecule has 4 heteroatoms. The van der Waals surface area contributed by atoms with Crippen LogP contribution in [0.25, 0.3) is 10.8 Å². The van der Waals surface area contributed by atoms with Crippen molar-refractivity contribution < 1.29 is 0 Å². The highest BCUT2D eigenvalue weighted by molar-refractivity contribution is 5.91. The summed E-state index contributed by atoms with van der Waals surface area (Å²) in [4.78, 5) is 2.22. The first-order valence-corrected chi connectivity index (χ1v) is 7.07. The average molecular weight is 278 g/mol. The van der Waals surface area contributed by atoms with Crippen molar-refractivity contribution in [3.63, 3.8) is 0 Å². The number of rotatable bonds is 4. The molecule has 1 aromatic heterocycles. The van der Waals surface area contributed by atoms with Gasteiger partial charge in [-0.1, -0.05) is 36.4 Å². The van der Waals surface area contributed by atoms with Crippen LogP contribution in [0.2, 0.25) is 0 Å². The summed E-state index contributed by atoms with van der Waals surface area (Å²) in [6.07, 6.45) is 1.80. The maximum Gasteiger partial charge on any atom is 0.159 e. The molecule has 2 N–H and O–H groups in total. The van der Waals surface area contributed by atoms with Crippen molar-refractivity contribution >= 4 is 22.3 Å². The lowest BCUT2D eigenvalue weighted by atomic mass is 10.1. The molecule has 0 unspecified atom stereocenters. The second-order valence-corrected chi connectivity index (χ2v) is 5.01. The SMILES string of the molecule is CCN(Cc1ccc(N)cc1)c1nncc2ccccc12. The Labute approximate surface area is 124 Å². The second kappa shape index (κ2) is 5.79. The van der Waals surface area contributed by atoms with Gasteiger partial charge < -0.3 is 10.6 Å². The van der Waals surface area contributed by atoms with E-state index in [0.29, 0.717) is 0 Å². The van der Waals surface area contributed by atoms with E-state index in [2.05, 4.69) is 46.3 Å². The highest BCUT2D eigenvalue weighted by Gasteiger charge is 2.11. The first-order valence-electron chi connectivity index (χ1n) is 7.07. The van der Waals surface area contributed by atoms with Crippen LogP contribution < -0.4 is 10.6 Å². The lowest BCUT2D eigenvalue weighted by Gasteiger charge is -2.22. The molecule has 0 bridgehead atoms. The van der Waals surface area contributed by atoms with E-state index in [4.69, 9.17) is 5.73 Å². The molecule has 0 saturated heterocycles. The van der Waals surface area contributed by atoms with Crippen LogP contribution in [0.5, 0.6) is 0 Å².